The topological polar surface area (TPSA) is 35.5 Å². The van der Waals surface area contributed by atoms with E-state index in [4.69, 9.17) is 9.47 Å². The molecule has 0 aromatic rings. The summed E-state index contributed by atoms with van der Waals surface area (Å²) in [7, 11) is 1.53. The van der Waals surface area contributed by atoms with Gasteiger partial charge in [-0.1, -0.05) is 52.9 Å². The Morgan fingerprint density at radius 1 is 1.30 bits per heavy atom. The molecule has 6 unspecified atom stereocenters. The molecule has 152 valence electrons. The maximum Gasteiger partial charge on any atom is 0.333 e. The van der Waals surface area contributed by atoms with Crippen LogP contribution in [-0.4, -0.2) is 24.3 Å². The van der Waals surface area contributed by atoms with Crippen LogP contribution >= 0.6 is 0 Å². The van der Waals surface area contributed by atoms with Crippen molar-refractivity contribution in [3.05, 3.63) is 11.6 Å². The lowest BCUT2D eigenvalue weighted by Crippen LogP contribution is -2.63. The van der Waals surface area contributed by atoms with Crippen LogP contribution in [0.25, 0.3) is 0 Å². The molecule has 7 atom stereocenters. The smallest absolute Gasteiger partial charge is 0.333 e. The molecule has 2 saturated carbocycles. The Morgan fingerprint density at radius 3 is 2.78 bits per heavy atom. The van der Waals surface area contributed by atoms with E-state index in [1.165, 1.54) is 52.1 Å². The quantitative estimate of drug-likeness (QED) is 0.573. The second-order valence-electron chi connectivity index (χ2n) is 10.5. The van der Waals surface area contributed by atoms with Gasteiger partial charge in [0.2, 0.25) is 0 Å². The Labute approximate surface area is 165 Å². The van der Waals surface area contributed by atoms with Crippen molar-refractivity contribution < 1.29 is 14.3 Å². The first-order chi connectivity index (χ1) is 12.8. The molecule has 27 heavy (non-hydrogen) atoms. The maximum absolute atomic E-state index is 12.7. The summed E-state index contributed by atoms with van der Waals surface area (Å²) in [4.78, 5) is 12.7. The van der Waals surface area contributed by atoms with Crippen LogP contribution in [-0.2, 0) is 14.3 Å². The van der Waals surface area contributed by atoms with Crippen molar-refractivity contribution >= 4 is 5.97 Å². The molecule has 0 aromatic carbocycles. The molecule has 5 aliphatic rings. The number of hydrogen-bond acceptors (Lipinski definition) is 3. The SMILES string of the molecule is COC(=O)C1=CC23CCCCC2[C@H]2CC(C(C)CCCC(C)C)C(C)(O3)C12. The fourth-order valence-electron chi connectivity index (χ4n) is 7.41. The Balaban J connectivity index is 1.64. The third-order valence-corrected chi connectivity index (χ3v) is 8.48. The lowest BCUT2D eigenvalue weighted by molar-refractivity contribution is -0.243. The van der Waals surface area contributed by atoms with Gasteiger partial charge in [0.1, 0.15) is 0 Å². The fourth-order valence-corrected chi connectivity index (χ4v) is 7.41. The molecule has 4 bridgehead atoms. The van der Waals surface area contributed by atoms with Gasteiger partial charge < -0.3 is 9.47 Å². The van der Waals surface area contributed by atoms with Crippen LogP contribution in [0.3, 0.4) is 0 Å². The predicted molar refractivity (Wildman–Crippen MR) is 107 cm³/mol. The van der Waals surface area contributed by atoms with Crippen LogP contribution < -0.4 is 0 Å². The minimum absolute atomic E-state index is 0.115. The Morgan fingerprint density at radius 2 is 2.07 bits per heavy atom. The van der Waals surface area contributed by atoms with Crippen molar-refractivity contribution in [2.24, 2.45) is 35.5 Å². The van der Waals surface area contributed by atoms with Crippen molar-refractivity contribution in [1.29, 1.82) is 0 Å². The predicted octanol–water partition coefficient (Wildman–Crippen LogP) is 5.53. The molecule has 5 rings (SSSR count). The van der Waals surface area contributed by atoms with E-state index in [9.17, 15) is 4.79 Å². The molecule has 1 spiro atoms. The Bertz CT molecular complexity index is 623. The molecule has 3 heteroatoms. The largest absolute Gasteiger partial charge is 0.466 e. The van der Waals surface area contributed by atoms with Gasteiger partial charge in [-0.25, -0.2) is 4.79 Å². The number of esters is 1. The Kier molecular flexibility index (Phi) is 4.98. The number of carbonyl (C=O) groups is 1. The van der Waals surface area contributed by atoms with E-state index >= 15 is 0 Å². The van der Waals surface area contributed by atoms with Crippen LogP contribution in [0.15, 0.2) is 11.6 Å². The minimum Gasteiger partial charge on any atom is -0.466 e. The summed E-state index contributed by atoms with van der Waals surface area (Å²) in [6.07, 6.45) is 12.2. The molecule has 0 N–H and O–H groups in total. The lowest BCUT2D eigenvalue weighted by Gasteiger charge is -2.60. The lowest BCUT2D eigenvalue weighted by atomic mass is 9.56. The van der Waals surface area contributed by atoms with Crippen LogP contribution in [0.4, 0.5) is 0 Å². The zero-order valence-electron chi connectivity index (χ0n) is 17.9. The highest BCUT2D eigenvalue weighted by molar-refractivity contribution is 5.90. The molecule has 0 amide bonds. The molecule has 2 aliphatic heterocycles. The molecular weight excluding hydrogens is 336 g/mol. The van der Waals surface area contributed by atoms with E-state index in [1.54, 1.807) is 0 Å². The van der Waals surface area contributed by atoms with Gasteiger partial charge in [0.25, 0.3) is 0 Å². The van der Waals surface area contributed by atoms with E-state index in [0.29, 0.717) is 23.7 Å². The molecule has 0 aromatic heterocycles. The second-order valence-corrected chi connectivity index (χ2v) is 10.5. The van der Waals surface area contributed by atoms with E-state index in [0.717, 1.165) is 17.9 Å². The first-order valence-electron chi connectivity index (χ1n) is 11.3. The van der Waals surface area contributed by atoms with E-state index in [-0.39, 0.29) is 23.1 Å². The van der Waals surface area contributed by atoms with Crippen molar-refractivity contribution in [2.45, 2.75) is 90.3 Å². The summed E-state index contributed by atoms with van der Waals surface area (Å²) in [6, 6.07) is 0. The van der Waals surface area contributed by atoms with E-state index < -0.39 is 0 Å². The van der Waals surface area contributed by atoms with Crippen molar-refractivity contribution in [2.75, 3.05) is 7.11 Å². The van der Waals surface area contributed by atoms with Gasteiger partial charge in [0.05, 0.1) is 18.3 Å². The summed E-state index contributed by atoms with van der Waals surface area (Å²) in [6.45, 7) is 9.38. The normalized spacial score (nSPS) is 43.4. The molecule has 3 fully saturated rings. The zero-order chi connectivity index (χ0) is 19.4. The van der Waals surface area contributed by atoms with Crippen LogP contribution in [0.1, 0.15) is 79.1 Å². The van der Waals surface area contributed by atoms with Gasteiger partial charge in [-0.2, -0.15) is 0 Å². The third kappa shape index (κ3) is 2.91. The number of rotatable bonds is 6. The molecule has 3 nitrogen and oxygen atoms in total. The summed E-state index contributed by atoms with van der Waals surface area (Å²) < 4.78 is 12.3. The van der Waals surface area contributed by atoms with Gasteiger partial charge in [0, 0.05) is 11.5 Å². The van der Waals surface area contributed by atoms with Gasteiger partial charge in [0.15, 0.2) is 0 Å². The number of hydrogen-bond donors (Lipinski definition) is 0. The highest BCUT2D eigenvalue weighted by atomic mass is 16.5. The standard InChI is InChI=1S/C24H38O3/c1-15(2)9-8-10-16(3)20-13-17-19-11-6-7-12-24(19)14-18(22(25)26-5)21(17)23(20,4)27-24/h14-17,19-21H,6-13H2,1-5H3/t16?,17-,19?,20?,21?,23?,24?/m1/s1. The third-order valence-electron chi connectivity index (χ3n) is 8.48. The summed E-state index contributed by atoms with van der Waals surface area (Å²) in [5.41, 5.74) is 0.530. The minimum atomic E-state index is -0.206. The van der Waals surface area contributed by atoms with Crippen molar-refractivity contribution in [3.8, 4) is 0 Å². The van der Waals surface area contributed by atoms with Crippen LogP contribution in [0.5, 0.6) is 0 Å². The van der Waals surface area contributed by atoms with E-state index in [1.807, 2.05) is 0 Å². The van der Waals surface area contributed by atoms with Gasteiger partial charge in [-0.3, -0.25) is 0 Å². The summed E-state index contributed by atoms with van der Waals surface area (Å²) in [5, 5.41) is 0. The number of methoxy groups -OCH3 is 1. The monoisotopic (exact) mass is 374 g/mol. The van der Waals surface area contributed by atoms with Crippen LogP contribution in [0, 0.1) is 35.5 Å². The van der Waals surface area contributed by atoms with Crippen molar-refractivity contribution in [1.82, 2.24) is 0 Å². The second kappa shape index (κ2) is 6.90. The Hall–Kier alpha value is -0.830. The molecule has 2 heterocycles. The van der Waals surface area contributed by atoms with Gasteiger partial charge in [-0.05, 0) is 61.9 Å². The highest BCUT2D eigenvalue weighted by Gasteiger charge is 2.70. The van der Waals surface area contributed by atoms with Gasteiger partial charge in [-0.15, -0.1) is 0 Å². The number of ether oxygens (including phenoxy) is 2. The van der Waals surface area contributed by atoms with E-state index in [2.05, 4.69) is 33.8 Å². The highest BCUT2D eigenvalue weighted by Crippen LogP contribution is 2.68. The molecule has 3 aliphatic carbocycles. The molecular formula is C24H38O3. The first kappa shape index (κ1) is 19.5. The van der Waals surface area contributed by atoms with Crippen molar-refractivity contribution in [3.63, 3.8) is 0 Å². The first-order valence-corrected chi connectivity index (χ1v) is 11.3. The average Bonchev–Trinajstić information content (AvgIpc) is 2.88. The van der Waals surface area contributed by atoms with Gasteiger partial charge >= 0.3 is 5.97 Å². The fraction of sp³-hybridized carbons (Fsp3) is 0.875. The zero-order valence-corrected chi connectivity index (χ0v) is 17.9. The number of carbonyl (C=O) groups excluding carboxylic acids is 1. The van der Waals surface area contributed by atoms with Crippen LogP contribution in [0.2, 0.25) is 0 Å². The summed E-state index contributed by atoms with van der Waals surface area (Å²) in [5.74, 6) is 3.29. The molecule has 0 radical (unpaired) electrons. The maximum atomic E-state index is 12.7. The average molecular weight is 375 g/mol. The summed E-state index contributed by atoms with van der Waals surface area (Å²) >= 11 is 0. The molecule has 1 saturated heterocycles.